The number of hydrogen-bond acceptors (Lipinski definition) is 2. The van der Waals surface area contributed by atoms with Crippen molar-refractivity contribution in [1.82, 2.24) is 5.32 Å². The molecular formula is C16H24N2. The van der Waals surface area contributed by atoms with Crippen LogP contribution in [-0.4, -0.2) is 13.1 Å². The number of nitrogens with one attached hydrogen (secondary N) is 2. The highest BCUT2D eigenvalue weighted by atomic mass is 14.9. The van der Waals surface area contributed by atoms with E-state index in [2.05, 4.69) is 28.8 Å². The smallest absolute Gasteiger partial charge is 0.0419 e. The van der Waals surface area contributed by atoms with Gasteiger partial charge in [-0.1, -0.05) is 37.5 Å². The van der Waals surface area contributed by atoms with Crippen LogP contribution in [0.1, 0.15) is 43.2 Å². The van der Waals surface area contributed by atoms with Crippen molar-refractivity contribution in [3.63, 3.8) is 0 Å². The molecule has 1 aromatic rings. The Morgan fingerprint density at radius 1 is 1.17 bits per heavy atom. The molecule has 1 heterocycles. The molecule has 0 radical (unpaired) electrons. The third kappa shape index (κ3) is 2.69. The molecule has 3 rings (SSSR count). The molecule has 0 saturated heterocycles. The lowest BCUT2D eigenvalue weighted by Gasteiger charge is -2.22. The molecule has 0 aromatic heterocycles. The highest BCUT2D eigenvalue weighted by Gasteiger charge is 2.15. The zero-order valence-corrected chi connectivity index (χ0v) is 11.2. The van der Waals surface area contributed by atoms with E-state index in [-0.39, 0.29) is 0 Å². The van der Waals surface area contributed by atoms with E-state index in [1.54, 1.807) is 0 Å². The van der Waals surface area contributed by atoms with Gasteiger partial charge < -0.3 is 10.6 Å². The highest BCUT2D eigenvalue weighted by Crippen LogP contribution is 2.27. The molecule has 2 heteroatoms. The zero-order valence-electron chi connectivity index (χ0n) is 11.2. The molecular weight excluding hydrogens is 220 g/mol. The summed E-state index contributed by atoms with van der Waals surface area (Å²) in [7, 11) is 0. The minimum Gasteiger partial charge on any atom is -0.384 e. The number of hydrogen-bond donors (Lipinski definition) is 2. The van der Waals surface area contributed by atoms with Gasteiger partial charge in [0.25, 0.3) is 0 Å². The fourth-order valence-corrected chi connectivity index (χ4v) is 3.36. The first-order chi connectivity index (χ1) is 8.93. The largest absolute Gasteiger partial charge is 0.384 e. The molecule has 2 nitrogen and oxygen atoms in total. The van der Waals surface area contributed by atoms with Crippen molar-refractivity contribution < 1.29 is 0 Å². The monoisotopic (exact) mass is 244 g/mol. The topological polar surface area (TPSA) is 24.1 Å². The van der Waals surface area contributed by atoms with Gasteiger partial charge in [0.15, 0.2) is 0 Å². The number of fused-ring (bicyclic) bond motifs is 1. The second-order valence-electron chi connectivity index (χ2n) is 5.76. The molecule has 1 aliphatic carbocycles. The Bertz CT molecular complexity index is 394. The van der Waals surface area contributed by atoms with E-state index in [4.69, 9.17) is 0 Å². The van der Waals surface area contributed by atoms with Gasteiger partial charge in [-0.2, -0.15) is 0 Å². The third-order valence-corrected chi connectivity index (χ3v) is 4.41. The van der Waals surface area contributed by atoms with Crippen LogP contribution in [0, 0.1) is 5.92 Å². The third-order valence-electron chi connectivity index (χ3n) is 4.41. The summed E-state index contributed by atoms with van der Waals surface area (Å²) in [5.41, 5.74) is 4.33. The van der Waals surface area contributed by atoms with Gasteiger partial charge in [-0.05, 0) is 42.9 Å². The summed E-state index contributed by atoms with van der Waals surface area (Å²) in [5, 5.41) is 7.18. The standard InChI is InChI=1S/C16H24N2/c1-2-5-13(6-3-1)11-17-12-15-8-4-7-14-9-10-18-16(14)15/h4,7-8,13,17-18H,1-3,5-6,9-12H2. The van der Waals surface area contributed by atoms with Crippen LogP contribution in [-0.2, 0) is 13.0 Å². The minimum atomic E-state index is 0.920. The molecule has 1 aliphatic heterocycles. The van der Waals surface area contributed by atoms with Gasteiger partial charge >= 0.3 is 0 Å². The first-order valence-corrected chi connectivity index (χ1v) is 7.49. The SMILES string of the molecule is c1cc2c(c(CNCC3CCCCC3)c1)NCC2. The van der Waals surface area contributed by atoms with Gasteiger partial charge in [-0.25, -0.2) is 0 Å². The lowest BCUT2D eigenvalue weighted by Crippen LogP contribution is -2.24. The van der Waals surface area contributed by atoms with E-state index in [0.717, 1.165) is 19.0 Å². The molecule has 2 N–H and O–H groups in total. The van der Waals surface area contributed by atoms with Crippen molar-refractivity contribution in [2.45, 2.75) is 45.1 Å². The van der Waals surface area contributed by atoms with Gasteiger partial charge in [0.1, 0.15) is 0 Å². The number of benzene rings is 1. The van der Waals surface area contributed by atoms with Crippen molar-refractivity contribution in [1.29, 1.82) is 0 Å². The normalized spacial score (nSPS) is 19.6. The molecule has 98 valence electrons. The van der Waals surface area contributed by atoms with Gasteiger partial charge in [0.2, 0.25) is 0 Å². The number of anilines is 1. The summed E-state index contributed by atoms with van der Waals surface area (Å²) in [6, 6.07) is 6.70. The molecule has 0 atom stereocenters. The van der Waals surface area contributed by atoms with Crippen LogP contribution >= 0.6 is 0 Å². The average molecular weight is 244 g/mol. The predicted octanol–water partition coefficient (Wildman–Crippen LogP) is 3.32. The molecule has 0 spiro atoms. The fourth-order valence-electron chi connectivity index (χ4n) is 3.36. The molecule has 18 heavy (non-hydrogen) atoms. The van der Waals surface area contributed by atoms with Crippen LogP contribution in [0.5, 0.6) is 0 Å². The van der Waals surface area contributed by atoms with Crippen LogP contribution in [0.15, 0.2) is 18.2 Å². The first-order valence-electron chi connectivity index (χ1n) is 7.49. The van der Waals surface area contributed by atoms with Crippen LogP contribution in [0.25, 0.3) is 0 Å². The Balaban J connectivity index is 1.52. The molecule has 1 saturated carbocycles. The Kier molecular flexibility index (Phi) is 3.84. The van der Waals surface area contributed by atoms with Crippen molar-refractivity contribution >= 4 is 5.69 Å². The maximum Gasteiger partial charge on any atom is 0.0419 e. The molecule has 0 bridgehead atoms. The molecule has 0 unspecified atom stereocenters. The fraction of sp³-hybridized carbons (Fsp3) is 0.625. The van der Waals surface area contributed by atoms with Crippen LogP contribution in [0.2, 0.25) is 0 Å². The molecule has 0 amide bonds. The van der Waals surface area contributed by atoms with E-state index in [1.165, 1.54) is 61.9 Å². The van der Waals surface area contributed by atoms with Gasteiger partial charge in [0.05, 0.1) is 0 Å². The van der Waals surface area contributed by atoms with Crippen LogP contribution < -0.4 is 10.6 Å². The maximum atomic E-state index is 3.66. The summed E-state index contributed by atoms with van der Waals surface area (Å²) in [6.07, 6.45) is 8.37. The van der Waals surface area contributed by atoms with Gasteiger partial charge in [-0.3, -0.25) is 0 Å². The second kappa shape index (κ2) is 5.75. The van der Waals surface area contributed by atoms with Crippen molar-refractivity contribution in [2.24, 2.45) is 5.92 Å². The lowest BCUT2D eigenvalue weighted by atomic mass is 9.89. The summed E-state index contributed by atoms with van der Waals surface area (Å²) in [5.74, 6) is 0.920. The lowest BCUT2D eigenvalue weighted by molar-refractivity contribution is 0.342. The van der Waals surface area contributed by atoms with Gasteiger partial charge in [0, 0.05) is 18.8 Å². The zero-order chi connectivity index (χ0) is 12.2. The Morgan fingerprint density at radius 3 is 2.94 bits per heavy atom. The van der Waals surface area contributed by atoms with Crippen molar-refractivity contribution in [3.8, 4) is 0 Å². The van der Waals surface area contributed by atoms with E-state index in [0.29, 0.717) is 0 Å². The quantitative estimate of drug-likeness (QED) is 0.849. The summed E-state index contributed by atoms with van der Waals surface area (Å²) in [6.45, 7) is 3.32. The number of rotatable bonds is 4. The predicted molar refractivity (Wildman–Crippen MR) is 76.9 cm³/mol. The maximum absolute atomic E-state index is 3.66. The molecule has 1 fully saturated rings. The highest BCUT2D eigenvalue weighted by molar-refractivity contribution is 5.61. The summed E-state index contributed by atoms with van der Waals surface area (Å²) in [4.78, 5) is 0. The molecule has 2 aliphatic rings. The molecule has 1 aromatic carbocycles. The second-order valence-corrected chi connectivity index (χ2v) is 5.76. The van der Waals surface area contributed by atoms with Gasteiger partial charge in [-0.15, -0.1) is 0 Å². The van der Waals surface area contributed by atoms with E-state index >= 15 is 0 Å². The van der Waals surface area contributed by atoms with E-state index in [9.17, 15) is 0 Å². The Labute approximate surface area is 110 Å². The average Bonchev–Trinajstić information content (AvgIpc) is 2.89. The Morgan fingerprint density at radius 2 is 2.06 bits per heavy atom. The van der Waals surface area contributed by atoms with Crippen molar-refractivity contribution in [2.75, 3.05) is 18.4 Å². The summed E-state index contributed by atoms with van der Waals surface area (Å²) >= 11 is 0. The van der Waals surface area contributed by atoms with Crippen molar-refractivity contribution in [3.05, 3.63) is 29.3 Å². The first kappa shape index (κ1) is 12.0. The summed E-state index contributed by atoms with van der Waals surface area (Å²) < 4.78 is 0. The van der Waals surface area contributed by atoms with E-state index < -0.39 is 0 Å². The Hall–Kier alpha value is -1.02. The van der Waals surface area contributed by atoms with Crippen LogP contribution in [0.4, 0.5) is 5.69 Å². The van der Waals surface area contributed by atoms with Crippen LogP contribution in [0.3, 0.4) is 0 Å². The van der Waals surface area contributed by atoms with E-state index in [1.807, 2.05) is 0 Å². The number of para-hydroxylation sites is 1. The minimum absolute atomic E-state index is 0.920.